The maximum Gasteiger partial charge on any atom is 0.222 e. The molecular formula is C15H24N8O. The van der Waals surface area contributed by atoms with Gasteiger partial charge >= 0.3 is 0 Å². The van der Waals surface area contributed by atoms with Crippen LogP contribution in [0.2, 0.25) is 0 Å². The second kappa shape index (κ2) is 7.54. The lowest BCUT2D eigenvalue weighted by Gasteiger charge is -2.18. The minimum Gasteiger partial charge on any atom is -0.383 e. The number of rotatable bonds is 6. The van der Waals surface area contributed by atoms with E-state index in [0.717, 1.165) is 48.8 Å². The van der Waals surface area contributed by atoms with E-state index in [9.17, 15) is 0 Å². The molecule has 1 unspecified atom stereocenters. The average Bonchev–Trinajstić information content (AvgIpc) is 2.90. The Kier molecular flexibility index (Phi) is 5.21. The van der Waals surface area contributed by atoms with Crippen molar-refractivity contribution < 1.29 is 4.74 Å². The van der Waals surface area contributed by atoms with Crippen LogP contribution in [0.25, 0.3) is 0 Å². The van der Waals surface area contributed by atoms with Crippen molar-refractivity contribution in [3.05, 3.63) is 23.4 Å². The number of nitrogen functional groups attached to an aromatic ring is 1. The highest BCUT2D eigenvalue weighted by Gasteiger charge is 2.19. The Bertz CT molecular complexity index is 686. The third-order valence-electron chi connectivity index (χ3n) is 4.12. The summed E-state index contributed by atoms with van der Waals surface area (Å²) < 4.78 is 7.11. The second-order valence-electron chi connectivity index (χ2n) is 5.85. The van der Waals surface area contributed by atoms with Gasteiger partial charge < -0.3 is 25.7 Å². The van der Waals surface area contributed by atoms with Crippen LogP contribution in [-0.2, 0) is 24.1 Å². The van der Waals surface area contributed by atoms with Crippen LogP contribution in [0.5, 0.6) is 0 Å². The molecule has 130 valence electrons. The third kappa shape index (κ3) is 3.62. The molecule has 2 aromatic heterocycles. The second-order valence-corrected chi connectivity index (χ2v) is 5.85. The Hall–Kier alpha value is -2.26. The number of nitrogens with one attached hydrogen (secondary N) is 2. The normalized spacial score (nSPS) is 15.6. The first kappa shape index (κ1) is 16.6. The number of methoxy groups -OCH3 is 1. The summed E-state index contributed by atoms with van der Waals surface area (Å²) in [5.74, 6) is 1.92. The molecule has 4 N–H and O–H groups in total. The van der Waals surface area contributed by atoms with Gasteiger partial charge in [0, 0.05) is 32.2 Å². The molecule has 0 saturated heterocycles. The smallest absolute Gasteiger partial charge is 0.222 e. The zero-order valence-corrected chi connectivity index (χ0v) is 14.1. The quantitative estimate of drug-likeness (QED) is 0.685. The van der Waals surface area contributed by atoms with Crippen molar-refractivity contribution >= 4 is 11.8 Å². The van der Waals surface area contributed by atoms with Gasteiger partial charge in [-0.3, -0.25) is 0 Å². The Labute approximate surface area is 141 Å². The Morgan fingerprint density at radius 3 is 3.04 bits per heavy atom. The summed E-state index contributed by atoms with van der Waals surface area (Å²) in [4.78, 5) is 8.81. The van der Waals surface area contributed by atoms with E-state index in [1.165, 1.54) is 0 Å². The van der Waals surface area contributed by atoms with E-state index in [0.29, 0.717) is 19.1 Å². The number of hydrogen-bond donors (Lipinski definition) is 3. The van der Waals surface area contributed by atoms with Gasteiger partial charge in [0.25, 0.3) is 0 Å². The molecule has 9 nitrogen and oxygen atoms in total. The van der Waals surface area contributed by atoms with E-state index in [1.54, 1.807) is 13.4 Å². The molecular weight excluding hydrogens is 308 g/mol. The highest BCUT2D eigenvalue weighted by Crippen LogP contribution is 2.24. The van der Waals surface area contributed by atoms with Crippen LogP contribution in [0.15, 0.2) is 6.33 Å². The summed E-state index contributed by atoms with van der Waals surface area (Å²) in [5.41, 5.74) is 8.04. The molecule has 3 heterocycles. The van der Waals surface area contributed by atoms with Gasteiger partial charge in [-0.2, -0.15) is 4.98 Å². The van der Waals surface area contributed by atoms with Crippen LogP contribution in [0.1, 0.15) is 30.0 Å². The SMILES string of the molecule is COCCn1cnnc1C(C)Nc1nc(N)nc2c1CCNCC2. The van der Waals surface area contributed by atoms with Gasteiger partial charge in [0.05, 0.1) is 18.3 Å². The van der Waals surface area contributed by atoms with Crippen LogP contribution in [0.3, 0.4) is 0 Å². The summed E-state index contributed by atoms with van der Waals surface area (Å²) in [6.07, 6.45) is 3.45. The fourth-order valence-electron chi connectivity index (χ4n) is 2.91. The standard InChI is InChI=1S/C15H24N8O/c1-10(14-22-18-9-23(14)7-8-24-2)19-13-11-3-5-17-6-4-12(11)20-15(16)21-13/h9-10,17H,3-8H2,1-2H3,(H3,16,19,20,21). The van der Waals surface area contributed by atoms with E-state index < -0.39 is 0 Å². The maximum absolute atomic E-state index is 5.89. The molecule has 24 heavy (non-hydrogen) atoms. The largest absolute Gasteiger partial charge is 0.383 e. The van der Waals surface area contributed by atoms with Crippen LogP contribution in [0.4, 0.5) is 11.8 Å². The summed E-state index contributed by atoms with van der Waals surface area (Å²) in [7, 11) is 1.68. The van der Waals surface area contributed by atoms with Crippen LogP contribution < -0.4 is 16.4 Å². The molecule has 0 amide bonds. The number of fused-ring (bicyclic) bond motifs is 1. The number of hydrogen-bond acceptors (Lipinski definition) is 8. The van der Waals surface area contributed by atoms with Crippen molar-refractivity contribution in [1.29, 1.82) is 0 Å². The Morgan fingerprint density at radius 2 is 2.21 bits per heavy atom. The number of aromatic nitrogens is 5. The van der Waals surface area contributed by atoms with Crippen molar-refractivity contribution in [1.82, 2.24) is 30.0 Å². The molecule has 1 aliphatic rings. The van der Waals surface area contributed by atoms with Crippen molar-refractivity contribution in [2.45, 2.75) is 32.4 Å². The molecule has 0 spiro atoms. The Morgan fingerprint density at radius 1 is 1.38 bits per heavy atom. The first-order valence-corrected chi connectivity index (χ1v) is 8.18. The summed E-state index contributed by atoms with van der Waals surface area (Å²) in [5, 5.41) is 15.0. The number of nitrogens with zero attached hydrogens (tertiary/aromatic N) is 5. The summed E-state index contributed by atoms with van der Waals surface area (Å²) >= 11 is 0. The zero-order valence-electron chi connectivity index (χ0n) is 14.1. The van der Waals surface area contributed by atoms with Crippen molar-refractivity contribution in [2.24, 2.45) is 0 Å². The topological polar surface area (TPSA) is 116 Å². The van der Waals surface area contributed by atoms with E-state index >= 15 is 0 Å². The lowest BCUT2D eigenvalue weighted by Crippen LogP contribution is -2.18. The number of nitrogens with two attached hydrogens (primary N) is 1. The lowest BCUT2D eigenvalue weighted by molar-refractivity contribution is 0.186. The first-order valence-electron chi connectivity index (χ1n) is 8.18. The van der Waals surface area contributed by atoms with Crippen molar-refractivity contribution in [3.8, 4) is 0 Å². The van der Waals surface area contributed by atoms with E-state index in [1.807, 2.05) is 11.5 Å². The predicted molar refractivity (Wildman–Crippen MR) is 90.7 cm³/mol. The van der Waals surface area contributed by atoms with E-state index in [-0.39, 0.29) is 6.04 Å². The van der Waals surface area contributed by atoms with Gasteiger partial charge in [-0.25, -0.2) is 4.98 Å². The van der Waals surface area contributed by atoms with Crippen LogP contribution in [0, 0.1) is 0 Å². The van der Waals surface area contributed by atoms with Gasteiger partial charge in [0.15, 0.2) is 5.82 Å². The van der Waals surface area contributed by atoms with Gasteiger partial charge in [-0.15, -0.1) is 10.2 Å². The minimum absolute atomic E-state index is 0.0565. The number of ether oxygens (including phenoxy) is 1. The van der Waals surface area contributed by atoms with Gasteiger partial charge in [-0.05, 0) is 19.9 Å². The van der Waals surface area contributed by atoms with Crippen molar-refractivity contribution in [3.63, 3.8) is 0 Å². The Balaban J connectivity index is 1.83. The van der Waals surface area contributed by atoms with Gasteiger partial charge in [-0.1, -0.05) is 0 Å². The molecule has 0 aliphatic carbocycles. The van der Waals surface area contributed by atoms with Crippen LogP contribution in [-0.4, -0.2) is 51.5 Å². The lowest BCUT2D eigenvalue weighted by atomic mass is 10.1. The average molecular weight is 332 g/mol. The highest BCUT2D eigenvalue weighted by molar-refractivity contribution is 5.51. The van der Waals surface area contributed by atoms with E-state index in [2.05, 4.69) is 30.8 Å². The molecule has 1 aliphatic heterocycles. The summed E-state index contributed by atoms with van der Waals surface area (Å²) in [6, 6.07) is -0.0565. The molecule has 9 heteroatoms. The first-order chi connectivity index (χ1) is 11.7. The minimum atomic E-state index is -0.0565. The molecule has 2 aromatic rings. The maximum atomic E-state index is 5.89. The molecule has 0 fully saturated rings. The van der Waals surface area contributed by atoms with Crippen molar-refractivity contribution in [2.75, 3.05) is 37.9 Å². The molecule has 0 radical (unpaired) electrons. The fraction of sp³-hybridized carbons (Fsp3) is 0.600. The zero-order chi connectivity index (χ0) is 16.9. The molecule has 3 rings (SSSR count). The van der Waals surface area contributed by atoms with Gasteiger partial charge in [0.1, 0.15) is 12.1 Å². The summed E-state index contributed by atoms with van der Waals surface area (Å²) in [6.45, 7) is 5.17. The highest BCUT2D eigenvalue weighted by atomic mass is 16.5. The van der Waals surface area contributed by atoms with Gasteiger partial charge in [0.2, 0.25) is 5.95 Å². The molecule has 0 saturated carbocycles. The van der Waals surface area contributed by atoms with Crippen LogP contribution >= 0.6 is 0 Å². The molecule has 0 bridgehead atoms. The fourth-order valence-corrected chi connectivity index (χ4v) is 2.91. The molecule has 1 atom stereocenters. The third-order valence-corrected chi connectivity index (χ3v) is 4.12. The predicted octanol–water partition coefficient (Wildman–Crippen LogP) is 0.158. The molecule has 0 aromatic carbocycles. The van der Waals surface area contributed by atoms with E-state index in [4.69, 9.17) is 10.5 Å². The monoisotopic (exact) mass is 332 g/mol. The number of anilines is 2.